The van der Waals surface area contributed by atoms with Crippen LogP contribution in [0.25, 0.3) is 0 Å². The number of hydrogen-bond donors (Lipinski definition) is 0. The molecule has 0 aliphatic carbocycles. The van der Waals surface area contributed by atoms with Gasteiger partial charge in [-0.1, -0.05) is 41.7 Å². The van der Waals surface area contributed by atoms with Crippen LogP contribution >= 0.6 is 11.3 Å². The summed E-state index contributed by atoms with van der Waals surface area (Å²) in [6, 6.07) is 11.2. The van der Waals surface area contributed by atoms with Crippen LogP contribution in [0.15, 0.2) is 36.4 Å². The minimum absolute atomic E-state index is 0.134. The Labute approximate surface area is 126 Å². The minimum Gasteiger partial charge on any atom is -0.479 e. The molecule has 21 heavy (non-hydrogen) atoms. The van der Waals surface area contributed by atoms with Crippen molar-refractivity contribution in [2.24, 2.45) is 0 Å². The molecule has 0 N–H and O–H groups in total. The summed E-state index contributed by atoms with van der Waals surface area (Å²) < 4.78 is 5.48. The first-order valence-electron chi connectivity index (χ1n) is 6.54. The second-order valence-corrected chi connectivity index (χ2v) is 5.55. The molecule has 2 rings (SSSR count). The highest BCUT2D eigenvalue weighted by atomic mass is 32.1. The van der Waals surface area contributed by atoms with Crippen LogP contribution in [0.1, 0.15) is 28.6 Å². The van der Waals surface area contributed by atoms with E-state index in [4.69, 9.17) is 4.74 Å². The van der Waals surface area contributed by atoms with Crippen molar-refractivity contribution in [2.75, 3.05) is 6.61 Å². The van der Waals surface area contributed by atoms with Crippen LogP contribution in [0, 0.1) is 10.1 Å². The molecule has 5 nitrogen and oxygen atoms in total. The number of Topliss-reactive ketones (excluding diaryl/α,β-unsaturated/α-hetero) is 1. The Morgan fingerprint density at radius 2 is 2.05 bits per heavy atom. The van der Waals surface area contributed by atoms with Crippen molar-refractivity contribution >= 4 is 22.8 Å². The van der Waals surface area contributed by atoms with E-state index in [0.717, 1.165) is 24.2 Å². The molecule has 0 unspecified atom stereocenters. The monoisotopic (exact) mass is 305 g/mol. The molecule has 110 valence electrons. The van der Waals surface area contributed by atoms with E-state index in [2.05, 4.69) is 0 Å². The van der Waals surface area contributed by atoms with Crippen molar-refractivity contribution in [2.45, 2.75) is 19.8 Å². The topological polar surface area (TPSA) is 69.4 Å². The number of nitrogens with zero attached hydrogens (tertiary/aromatic N) is 1. The van der Waals surface area contributed by atoms with Gasteiger partial charge in [0.05, 0.1) is 16.4 Å². The van der Waals surface area contributed by atoms with Crippen LogP contribution in [-0.2, 0) is 6.42 Å². The normalized spacial score (nSPS) is 10.3. The zero-order chi connectivity index (χ0) is 15.2. The average Bonchev–Trinajstić information content (AvgIpc) is 2.89. The SMILES string of the molecule is CC(=O)c1cc([N+](=O)[O-])c(OCCCc2ccccc2)s1. The van der Waals surface area contributed by atoms with E-state index >= 15 is 0 Å². The summed E-state index contributed by atoms with van der Waals surface area (Å²) in [5.74, 6) is -0.192. The molecular weight excluding hydrogens is 290 g/mol. The summed E-state index contributed by atoms with van der Waals surface area (Å²) in [5, 5.41) is 11.1. The maximum absolute atomic E-state index is 11.3. The van der Waals surface area contributed by atoms with Gasteiger partial charge in [0.1, 0.15) is 0 Å². The Bertz CT molecular complexity index is 636. The first kappa shape index (κ1) is 15.2. The highest BCUT2D eigenvalue weighted by Crippen LogP contribution is 2.37. The molecule has 0 spiro atoms. The maximum Gasteiger partial charge on any atom is 0.323 e. The molecule has 0 saturated heterocycles. The summed E-state index contributed by atoms with van der Waals surface area (Å²) in [6.07, 6.45) is 1.61. The fourth-order valence-electron chi connectivity index (χ4n) is 1.85. The van der Waals surface area contributed by atoms with Gasteiger partial charge in [0.15, 0.2) is 5.78 Å². The van der Waals surface area contributed by atoms with Crippen molar-refractivity contribution in [1.29, 1.82) is 0 Å². The molecular formula is C15H15NO4S. The summed E-state index contributed by atoms with van der Waals surface area (Å²) in [5.41, 5.74) is 1.07. The van der Waals surface area contributed by atoms with Gasteiger partial charge in [-0.2, -0.15) is 0 Å². The largest absolute Gasteiger partial charge is 0.479 e. The summed E-state index contributed by atoms with van der Waals surface area (Å²) >= 11 is 1.03. The van der Waals surface area contributed by atoms with Gasteiger partial charge in [-0.15, -0.1) is 0 Å². The molecule has 0 bridgehead atoms. The number of hydrogen-bond acceptors (Lipinski definition) is 5. The number of thiophene rings is 1. The van der Waals surface area contributed by atoms with Crippen molar-refractivity contribution in [3.8, 4) is 5.06 Å². The van der Waals surface area contributed by atoms with Crippen LogP contribution in [0.3, 0.4) is 0 Å². The molecule has 0 amide bonds. The van der Waals surface area contributed by atoms with Crippen molar-refractivity contribution in [3.05, 3.63) is 57.0 Å². The Morgan fingerprint density at radius 1 is 1.33 bits per heavy atom. The van der Waals surface area contributed by atoms with E-state index in [9.17, 15) is 14.9 Å². The fraction of sp³-hybridized carbons (Fsp3) is 0.267. The van der Waals surface area contributed by atoms with Crippen molar-refractivity contribution < 1.29 is 14.5 Å². The number of ether oxygens (including phenoxy) is 1. The van der Waals surface area contributed by atoms with Gasteiger partial charge in [-0.05, 0) is 25.3 Å². The first-order valence-corrected chi connectivity index (χ1v) is 7.35. The van der Waals surface area contributed by atoms with Gasteiger partial charge in [-0.25, -0.2) is 0 Å². The van der Waals surface area contributed by atoms with E-state index in [0.29, 0.717) is 11.5 Å². The van der Waals surface area contributed by atoms with Crippen LogP contribution in [0.4, 0.5) is 5.69 Å². The fourth-order valence-corrected chi connectivity index (χ4v) is 2.75. The quantitative estimate of drug-likeness (QED) is 0.337. The first-order chi connectivity index (χ1) is 10.1. The Hall–Kier alpha value is -2.21. The minimum atomic E-state index is -0.518. The number of benzene rings is 1. The van der Waals surface area contributed by atoms with Crippen LogP contribution < -0.4 is 4.74 Å². The second kappa shape index (κ2) is 6.99. The Morgan fingerprint density at radius 3 is 2.67 bits per heavy atom. The van der Waals surface area contributed by atoms with Gasteiger partial charge in [-0.3, -0.25) is 14.9 Å². The van der Waals surface area contributed by atoms with E-state index in [1.54, 1.807) is 0 Å². The lowest BCUT2D eigenvalue weighted by atomic mass is 10.1. The van der Waals surface area contributed by atoms with Crippen LogP contribution in [0.5, 0.6) is 5.06 Å². The Balaban J connectivity index is 1.93. The highest BCUT2D eigenvalue weighted by Gasteiger charge is 2.22. The van der Waals surface area contributed by atoms with E-state index in [1.807, 2.05) is 30.3 Å². The lowest BCUT2D eigenvalue weighted by molar-refractivity contribution is -0.385. The molecule has 0 saturated carbocycles. The molecule has 0 atom stereocenters. The van der Waals surface area contributed by atoms with Gasteiger partial charge < -0.3 is 4.74 Å². The van der Waals surface area contributed by atoms with Gasteiger partial charge in [0.2, 0.25) is 0 Å². The molecule has 0 fully saturated rings. The predicted molar refractivity (Wildman–Crippen MR) is 81.2 cm³/mol. The number of carbonyl (C=O) groups excluding carboxylic acids is 1. The average molecular weight is 305 g/mol. The van der Waals surface area contributed by atoms with E-state index < -0.39 is 4.92 Å². The zero-order valence-corrected chi connectivity index (χ0v) is 12.4. The molecule has 0 aliphatic heterocycles. The molecule has 1 aromatic heterocycles. The third kappa shape index (κ3) is 4.13. The molecule has 6 heteroatoms. The Kier molecular flexibility index (Phi) is 5.05. The van der Waals surface area contributed by atoms with E-state index in [-0.39, 0.29) is 16.5 Å². The number of rotatable bonds is 7. The van der Waals surface area contributed by atoms with Gasteiger partial charge in [0.25, 0.3) is 5.06 Å². The smallest absolute Gasteiger partial charge is 0.323 e. The molecule has 1 heterocycles. The predicted octanol–water partition coefficient (Wildman–Crippen LogP) is 3.87. The third-order valence-corrected chi connectivity index (χ3v) is 4.05. The van der Waals surface area contributed by atoms with Crippen LogP contribution in [0.2, 0.25) is 0 Å². The van der Waals surface area contributed by atoms with Crippen molar-refractivity contribution in [1.82, 2.24) is 0 Å². The number of nitro groups is 1. The molecule has 0 radical (unpaired) electrons. The summed E-state index contributed by atoms with van der Waals surface area (Å²) in [4.78, 5) is 22.0. The maximum atomic E-state index is 11.3. The van der Waals surface area contributed by atoms with E-state index in [1.165, 1.54) is 18.6 Å². The van der Waals surface area contributed by atoms with Crippen LogP contribution in [-0.4, -0.2) is 17.3 Å². The standard InChI is InChI=1S/C15H15NO4S/c1-11(17)14-10-13(16(18)19)15(21-14)20-9-5-8-12-6-3-2-4-7-12/h2-4,6-7,10H,5,8-9H2,1H3. The second-order valence-electron chi connectivity index (χ2n) is 4.53. The highest BCUT2D eigenvalue weighted by molar-refractivity contribution is 7.16. The third-order valence-electron chi connectivity index (χ3n) is 2.91. The van der Waals surface area contributed by atoms with Gasteiger partial charge in [0, 0.05) is 6.07 Å². The zero-order valence-electron chi connectivity index (χ0n) is 11.6. The lowest BCUT2D eigenvalue weighted by Crippen LogP contribution is -1.99. The summed E-state index contributed by atoms with van der Waals surface area (Å²) in [6.45, 7) is 1.77. The number of carbonyl (C=O) groups is 1. The van der Waals surface area contributed by atoms with Gasteiger partial charge >= 0.3 is 5.69 Å². The molecule has 1 aromatic carbocycles. The van der Waals surface area contributed by atoms with Crippen molar-refractivity contribution in [3.63, 3.8) is 0 Å². The number of aryl methyl sites for hydroxylation is 1. The number of ketones is 1. The molecule has 2 aromatic rings. The summed E-state index contributed by atoms with van der Waals surface area (Å²) in [7, 11) is 0. The molecule has 0 aliphatic rings. The lowest BCUT2D eigenvalue weighted by Gasteiger charge is -2.03.